The van der Waals surface area contributed by atoms with Gasteiger partial charge in [0.1, 0.15) is 17.7 Å². The van der Waals surface area contributed by atoms with E-state index in [9.17, 15) is 0 Å². The minimum Gasteiger partial charge on any atom is -0.488 e. The van der Waals surface area contributed by atoms with Crippen molar-refractivity contribution in [2.45, 2.75) is 18.9 Å². The summed E-state index contributed by atoms with van der Waals surface area (Å²) < 4.78 is 15.7. The van der Waals surface area contributed by atoms with E-state index in [4.69, 9.17) is 15.2 Å². The third-order valence-electron chi connectivity index (χ3n) is 6.04. The molecule has 0 aliphatic carbocycles. The number of nitrogen functional groups attached to an aromatic ring is 1. The molecular weight excluding hydrogens is 402 g/mol. The first-order valence-corrected chi connectivity index (χ1v) is 10.8. The molecule has 2 aromatic carbocycles. The molecule has 0 saturated carbocycles. The molecule has 3 aromatic heterocycles. The number of nitrogens with two attached hydrogens (primary N) is 1. The Morgan fingerprint density at radius 2 is 1.91 bits per heavy atom. The molecule has 0 unspecified atom stereocenters. The second kappa shape index (κ2) is 7.69. The van der Waals surface area contributed by atoms with Crippen molar-refractivity contribution in [3.63, 3.8) is 0 Å². The summed E-state index contributed by atoms with van der Waals surface area (Å²) in [5.74, 6) is 1.47. The first-order valence-electron chi connectivity index (χ1n) is 10.8. The van der Waals surface area contributed by atoms with Gasteiger partial charge in [0, 0.05) is 42.3 Å². The van der Waals surface area contributed by atoms with Gasteiger partial charge in [-0.1, -0.05) is 18.2 Å². The Labute approximate surface area is 185 Å². The van der Waals surface area contributed by atoms with E-state index in [-0.39, 0.29) is 6.10 Å². The summed E-state index contributed by atoms with van der Waals surface area (Å²) in [4.78, 5) is 4.47. The smallest absolute Gasteiger partial charge is 0.157 e. The maximum Gasteiger partial charge on any atom is 0.157 e. The predicted molar refractivity (Wildman–Crippen MR) is 124 cm³/mol. The van der Waals surface area contributed by atoms with Gasteiger partial charge in [-0.25, -0.2) is 4.98 Å². The minimum absolute atomic E-state index is 0.186. The largest absolute Gasteiger partial charge is 0.488 e. The van der Waals surface area contributed by atoms with Gasteiger partial charge in [-0.2, -0.15) is 9.61 Å². The lowest BCUT2D eigenvalue weighted by Gasteiger charge is -2.24. The zero-order valence-corrected chi connectivity index (χ0v) is 17.5. The molecule has 1 saturated heterocycles. The van der Waals surface area contributed by atoms with Gasteiger partial charge in [-0.15, -0.1) is 0 Å². The Hall–Kier alpha value is -3.84. The summed E-state index contributed by atoms with van der Waals surface area (Å²) >= 11 is 0. The van der Waals surface area contributed by atoms with Gasteiger partial charge in [0.05, 0.1) is 30.6 Å². The molecule has 4 heterocycles. The van der Waals surface area contributed by atoms with Crippen molar-refractivity contribution in [2.24, 2.45) is 0 Å². The van der Waals surface area contributed by atoms with Crippen LogP contribution in [-0.2, 0) is 4.74 Å². The zero-order valence-electron chi connectivity index (χ0n) is 17.5. The number of rotatable bonds is 4. The van der Waals surface area contributed by atoms with Crippen LogP contribution < -0.4 is 10.5 Å². The highest BCUT2D eigenvalue weighted by atomic mass is 16.5. The SMILES string of the molecule is Nc1c(-c2ccc3c(ccn3-c3ccccc3OC3CCOCC3)c2)cnc2ccnn12. The topological polar surface area (TPSA) is 79.6 Å². The molecule has 160 valence electrons. The van der Waals surface area contributed by atoms with Crippen molar-refractivity contribution in [3.8, 4) is 22.6 Å². The fourth-order valence-corrected chi connectivity index (χ4v) is 4.36. The van der Waals surface area contributed by atoms with E-state index in [1.165, 1.54) is 0 Å². The summed E-state index contributed by atoms with van der Waals surface area (Å²) in [6, 6.07) is 18.5. The first kappa shape index (κ1) is 18.9. The molecule has 5 aromatic rings. The number of anilines is 1. The second-order valence-corrected chi connectivity index (χ2v) is 8.01. The Kier molecular flexibility index (Phi) is 4.54. The van der Waals surface area contributed by atoms with Crippen LogP contribution in [0, 0.1) is 0 Å². The van der Waals surface area contributed by atoms with Crippen molar-refractivity contribution >= 4 is 22.4 Å². The number of ether oxygens (including phenoxy) is 2. The highest BCUT2D eigenvalue weighted by Crippen LogP contribution is 2.33. The molecule has 0 amide bonds. The van der Waals surface area contributed by atoms with Gasteiger partial charge in [0.25, 0.3) is 0 Å². The summed E-state index contributed by atoms with van der Waals surface area (Å²) in [6.07, 6.45) is 7.61. The van der Waals surface area contributed by atoms with Gasteiger partial charge in [-0.05, 0) is 35.9 Å². The van der Waals surface area contributed by atoms with Crippen molar-refractivity contribution < 1.29 is 9.47 Å². The van der Waals surface area contributed by atoms with Crippen LogP contribution in [0.4, 0.5) is 5.82 Å². The van der Waals surface area contributed by atoms with Crippen LogP contribution in [0.5, 0.6) is 5.75 Å². The van der Waals surface area contributed by atoms with Crippen molar-refractivity contribution in [2.75, 3.05) is 18.9 Å². The van der Waals surface area contributed by atoms with Crippen molar-refractivity contribution in [1.82, 2.24) is 19.2 Å². The zero-order chi connectivity index (χ0) is 21.5. The fourth-order valence-electron chi connectivity index (χ4n) is 4.36. The van der Waals surface area contributed by atoms with Gasteiger partial charge in [0.2, 0.25) is 0 Å². The molecule has 1 fully saturated rings. The number of benzene rings is 2. The molecule has 1 aliphatic rings. The van der Waals surface area contributed by atoms with E-state index in [0.717, 1.165) is 65.2 Å². The fraction of sp³-hybridized carbons (Fsp3) is 0.200. The maximum absolute atomic E-state index is 6.37. The predicted octanol–water partition coefficient (Wildman–Crippen LogP) is 4.48. The molecular formula is C25H23N5O2. The van der Waals surface area contributed by atoms with Crippen LogP contribution in [0.15, 0.2) is 73.2 Å². The van der Waals surface area contributed by atoms with E-state index in [1.807, 2.05) is 30.5 Å². The lowest BCUT2D eigenvalue weighted by atomic mass is 10.1. The molecule has 1 aliphatic heterocycles. The Morgan fingerprint density at radius 3 is 2.81 bits per heavy atom. The standard InChI is InChI=1S/C25H23N5O2/c26-25-20(16-27-24-7-11-28-30(24)25)17-5-6-21-18(15-17)8-12-29(21)22-3-1-2-4-23(22)32-19-9-13-31-14-10-19/h1-8,11-12,15-16,19H,9-10,13-14,26H2. The molecule has 0 bridgehead atoms. The number of para-hydroxylation sites is 2. The molecule has 0 radical (unpaired) electrons. The van der Waals surface area contributed by atoms with Crippen LogP contribution in [0.3, 0.4) is 0 Å². The van der Waals surface area contributed by atoms with E-state index in [0.29, 0.717) is 5.82 Å². The Bertz CT molecular complexity index is 1410. The van der Waals surface area contributed by atoms with Crippen LogP contribution in [0.2, 0.25) is 0 Å². The molecule has 0 atom stereocenters. The molecule has 2 N–H and O–H groups in total. The van der Waals surface area contributed by atoms with Crippen molar-refractivity contribution in [3.05, 3.63) is 73.2 Å². The Morgan fingerprint density at radius 1 is 1.03 bits per heavy atom. The molecule has 0 spiro atoms. The van der Waals surface area contributed by atoms with Crippen LogP contribution >= 0.6 is 0 Å². The summed E-state index contributed by atoms with van der Waals surface area (Å²) in [6.45, 7) is 1.51. The van der Waals surface area contributed by atoms with E-state index >= 15 is 0 Å². The highest BCUT2D eigenvalue weighted by molar-refractivity contribution is 5.89. The van der Waals surface area contributed by atoms with Gasteiger partial charge in [-0.3, -0.25) is 0 Å². The first-order chi connectivity index (χ1) is 15.8. The average Bonchev–Trinajstić information content (AvgIpc) is 3.48. The lowest BCUT2D eigenvalue weighted by Crippen LogP contribution is -2.26. The van der Waals surface area contributed by atoms with E-state index < -0.39 is 0 Å². The number of hydrogen-bond acceptors (Lipinski definition) is 5. The van der Waals surface area contributed by atoms with Crippen molar-refractivity contribution in [1.29, 1.82) is 0 Å². The molecule has 32 heavy (non-hydrogen) atoms. The van der Waals surface area contributed by atoms with Gasteiger partial charge in [0.15, 0.2) is 5.65 Å². The van der Waals surface area contributed by atoms with Crippen LogP contribution in [-0.4, -0.2) is 38.5 Å². The minimum atomic E-state index is 0.186. The summed E-state index contributed by atoms with van der Waals surface area (Å²) in [7, 11) is 0. The van der Waals surface area contributed by atoms with Crippen LogP contribution in [0.25, 0.3) is 33.4 Å². The molecule has 6 rings (SSSR count). The third kappa shape index (κ3) is 3.18. The van der Waals surface area contributed by atoms with Gasteiger partial charge < -0.3 is 19.8 Å². The lowest BCUT2D eigenvalue weighted by molar-refractivity contribution is 0.0255. The number of hydrogen-bond donors (Lipinski definition) is 1. The molecule has 7 nitrogen and oxygen atoms in total. The highest BCUT2D eigenvalue weighted by Gasteiger charge is 2.18. The van der Waals surface area contributed by atoms with E-state index in [1.54, 1.807) is 10.7 Å². The van der Waals surface area contributed by atoms with Gasteiger partial charge >= 0.3 is 0 Å². The summed E-state index contributed by atoms with van der Waals surface area (Å²) in [5.41, 5.74) is 11.1. The normalized spacial score (nSPS) is 14.9. The summed E-state index contributed by atoms with van der Waals surface area (Å²) in [5, 5.41) is 5.39. The average molecular weight is 425 g/mol. The number of nitrogens with zero attached hydrogens (tertiary/aromatic N) is 4. The monoisotopic (exact) mass is 425 g/mol. The molecule has 7 heteroatoms. The number of fused-ring (bicyclic) bond motifs is 2. The van der Waals surface area contributed by atoms with Crippen LogP contribution in [0.1, 0.15) is 12.8 Å². The Balaban J connectivity index is 1.39. The van der Waals surface area contributed by atoms with E-state index in [2.05, 4.69) is 51.2 Å². The maximum atomic E-state index is 6.37. The second-order valence-electron chi connectivity index (χ2n) is 8.01. The quantitative estimate of drug-likeness (QED) is 0.459. The number of aromatic nitrogens is 4. The third-order valence-corrected chi connectivity index (χ3v) is 6.04.